The largest absolute Gasteiger partial charge is 0.507 e. The minimum absolute atomic E-state index is 0. The van der Waals surface area contributed by atoms with Gasteiger partial charge in [0.2, 0.25) is 5.91 Å². The average Bonchev–Trinajstić information content (AvgIpc) is 2.67. The molecule has 0 aliphatic carbocycles. The van der Waals surface area contributed by atoms with E-state index in [4.69, 9.17) is 0 Å². The summed E-state index contributed by atoms with van der Waals surface area (Å²) in [4.78, 5) is 28.5. The number of para-hydroxylation sites is 1. The predicted octanol–water partition coefficient (Wildman–Crippen LogP) is 1.88. The molecule has 2 aliphatic heterocycles. The van der Waals surface area contributed by atoms with Gasteiger partial charge in [0.25, 0.3) is 5.91 Å². The molecule has 0 unspecified atom stereocenters. The topological polar surface area (TPSA) is 72.9 Å². The molecule has 2 heterocycles. The molecule has 0 saturated carbocycles. The third kappa shape index (κ3) is 5.11. The van der Waals surface area contributed by atoms with Gasteiger partial charge in [-0.1, -0.05) is 12.1 Å². The fourth-order valence-electron chi connectivity index (χ4n) is 3.64. The Morgan fingerprint density at radius 1 is 1.04 bits per heavy atom. The van der Waals surface area contributed by atoms with E-state index in [-0.39, 0.29) is 30.0 Å². The first-order valence-electron chi connectivity index (χ1n) is 9.21. The van der Waals surface area contributed by atoms with E-state index >= 15 is 0 Å². The molecule has 2 N–H and O–H groups in total. The highest BCUT2D eigenvalue weighted by Gasteiger charge is 2.26. The molecule has 2 saturated heterocycles. The number of carbonyl (C=O) groups is 2. The number of aromatic hydroxyl groups is 1. The Hall–Kier alpha value is -1.79. The molecule has 144 valence electrons. The van der Waals surface area contributed by atoms with Gasteiger partial charge >= 0.3 is 0 Å². The molecule has 2 amide bonds. The lowest BCUT2D eigenvalue weighted by molar-refractivity contribution is -0.133. The standard InChI is InChI=1S/C19H27N3O3.ClH/c23-17-4-2-1-3-16(17)19(25)22-13-11-21(12-14-22)18(24)6-5-15-7-9-20-10-8-15;/h1-4,15,20,23H,5-14H2;1H. The lowest BCUT2D eigenvalue weighted by Crippen LogP contribution is -2.50. The van der Waals surface area contributed by atoms with Crippen LogP contribution in [0, 0.1) is 5.92 Å². The first kappa shape index (κ1) is 20.5. The number of rotatable bonds is 4. The molecular weight excluding hydrogens is 354 g/mol. The fraction of sp³-hybridized carbons (Fsp3) is 0.579. The van der Waals surface area contributed by atoms with Crippen molar-refractivity contribution in [2.45, 2.75) is 25.7 Å². The van der Waals surface area contributed by atoms with Crippen LogP contribution in [0.2, 0.25) is 0 Å². The van der Waals surface area contributed by atoms with Crippen LogP contribution in [-0.4, -0.2) is 66.0 Å². The molecule has 7 heteroatoms. The highest BCUT2D eigenvalue weighted by atomic mass is 35.5. The Morgan fingerprint density at radius 2 is 1.65 bits per heavy atom. The van der Waals surface area contributed by atoms with Crippen LogP contribution in [0.5, 0.6) is 5.75 Å². The van der Waals surface area contributed by atoms with Crippen molar-refractivity contribution in [3.63, 3.8) is 0 Å². The Balaban J connectivity index is 0.00000243. The number of halogens is 1. The van der Waals surface area contributed by atoms with Crippen LogP contribution in [0.25, 0.3) is 0 Å². The first-order chi connectivity index (χ1) is 12.1. The quantitative estimate of drug-likeness (QED) is 0.835. The van der Waals surface area contributed by atoms with E-state index in [2.05, 4.69) is 5.32 Å². The number of hydrogen-bond donors (Lipinski definition) is 2. The average molecular weight is 382 g/mol. The van der Waals surface area contributed by atoms with Crippen LogP contribution in [-0.2, 0) is 4.79 Å². The van der Waals surface area contributed by atoms with Gasteiger partial charge in [-0.2, -0.15) is 0 Å². The summed E-state index contributed by atoms with van der Waals surface area (Å²) in [7, 11) is 0. The second kappa shape index (κ2) is 9.78. The highest BCUT2D eigenvalue weighted by Crippen LogP contribution is 2.20. The number of phenolic OH excluding ortho intramolecular Hbond substituents is 1. The fourth-order valence-corrected chi connectivity index (χ4v) is 3.64. The summed E-state index contributed by atoms with van der Waals surface area (Å²) >= 11 is 0. The van der Waals surface area contributed by atoms with Crippen molar-refractivity contribution in [1.29, 1.82) is 0 Å². The molecule has 0 aromatic heterocycles. The van der Waals surface area contributed by atoms with Gasteiger partial charge in [-0.25, -0.2) is 0 Å². The number of carbonyl (C=O) groups excluding carboxylic acids is 2. The van der Waals surface area contributed by atoms with Crippen LogP contribution in [0.3, 0.4) is 0 Å². The van der Waals surface area contributed by atoms with E-state index in [1.165, 1.54) is 6.07 Å². The number of amides is 2. The van der Waals surface area contributed by atoms with Gasteiger partial charge in [0.15, 0.2) is 0 Å². The Kier molecular flexibility index (Phi) is 7.72. The van der Waals surface area contributed by atoms with E-state index in [9.17, 15) is 14.7 Å². The van der Waals surface area contributed by atoms with Crippen molar-refractivity contribution in [3.05, 3.63) is 29.8 Å². The molecular formula is C19H28ClN3O3. The highest BCUT2D eigenvalue weighted by molar-refractivity contribution is 5.97. The molecule has 0 atom stereocenters. The summed E-state index contributed by atoms with van der Waals surface area (Å²) in [5.74, 6) is 0.704. The lowest BCUT2D eigenvalue weighted by atomic mass is 9.93. The SMILES string of the molecule is Cl.O=C(CCC1CCNCC1)N1CCN(C(=O)c2ccccc2O)CC1. The number of nitrogens with one attached hydrogen (secondary N) is 1. The molecule has 0 spiro atoms. The second-order valence-electron chi connectivity index (χ2n) is 6.92. The van der Waals surface area contributed by atoms with Crippen molar-refractivity contribution in [2.75, 3.05) is 39.3 Å². The minimum Gasteiger partial charge on any atom is -0.507 e. The molecule has 2 fully saturated rings. The van der Waals surface area contributed by atoms with Gasteiger partial charge in [0.05, 0.1) is 5.56 Å². The Morgan fingerprint density at radius 3 is 2.31 bits per heavy atom. The second-order valence-corrected chi connectivity index (χ2v) is 6.92. The third-order valence-electron chi connectivity index (χ3n) is 5.28. The molecule has 6 nitrogen and oxygen atoms in total. The van der Waals surface area contributed by atoms with Gasteiger partial charge in [-0.05, 0) is 50.4 Å². The molecule has 2 aliphatic rings. The summed E-state index contributed by atoms with van der Waals surface area (Å²) in [6, 6.07) is 6.60. The minimum atomic E-state index is -0.167. The van der Waals surface area contributed by atoms with Crippen molar-refractivity contribution in [2.24, 2.45) is 5.92 Å². The zero-order valence-corrected chi connectivity index (χ0v) is 15.8. The van der Waals surface area contributed by atoms with Gasteiger partial charge in [0.1, 0.15) is 5.75 Å². The van der Waals surface area contributed by atoms with E-state index in [0.29, 0.717) is 44.1 Å². The van der Waals surface area contributed by atoms with Gasteiger partial charge < -0.3 is 20.2 Å². The van der Waals surface area contributed by atoms with Crippen molar-refractivity contribution in [3.8, 4) is 5.75 Å². The third-order valence-corrected chi connectivity index (χ3v) is 5.28. The molecule has 0 bridgehead atoms. The molecule has 3 rings (SSSR count). The summed E-state index contributed by atoms with van der Waals surface area (Å²) in [6.07, 6.45) is 3.90. The number of piperazine rings is 1. The zero-order valence-electron chi connectivity index (χ0n) is 15.0. The smallest absolute Gasteiger partial charge is 0.257 e. The van der Waals surface area contributed by atoms with Gasteiger partial charge in [0, 0.05) is 32.6 Å². The van der Waals surface area contributed by atoms with Crippen LogP contribution in [0.4, 0.5) is 0 Å². The summed E-state index contributed by atoms with van der Waals surface area (Å²) < 4.78 is 0. The lowest BCUT2D eigenvalue weighted by Gasteiger charge is -2.35. The summed E-state index contributed by atoms with van der Waals surface area (Å²) in [5.41, 5.74) is 0.327. The van der Waals surface area contributed by atoms with Crippen molar-refractivity contribution < 1.29 is 14.7 Å². The van der Waals surface area contributed by atoms with Crippen LogP contribution in [0.1, 0.15) is 36.0 Å². The number of piperidine rings is 1. The predicted molar refractivity (Wildman–Crippen MR) is 103 cm³/mol. The number of benzene rings is 1. The van der Waals surface area contributed by atoms with E-state index in [0.717, 1.165) is 32.4 Å². The summed E-state index contributed by atoms with van der Waals surface area (Å²) in [5, 5.41) is 13.2. The molecule has 0 radical (unpaired) electrons. The molecule has 1 aromatic rings. The number of nitrogens with zero attached hydrogens (tertiary/aromatic N) is 2. The van der Waals surface area contributed by atoms with Crippen LogP contribution < -0.4 is 5.32 Å². The van der Waals surface area contributed by atoms with E-state index in [1.807, 2.05) is 4.90 Å². The van der Waals surface area contributed by atoms with Gasteiger partial charge in [-0.3, -0.25) is 9.59 Å². The Bertz CT molecular complexity index is 612. The molecule has 26 heavy (non-hydrogen) atoms. The van der Waals surface area contributed by atoms with Crippen LogP contribution in [0.15, 0.2) is 24.3 Å². The Labute approximate surface area is 161 Å². The maximum absolute atomic E-state index is 12.5. The number of phenols is 1. The maximum Gasteiger partial charge on any atom is 0.257 e. The van der Waals surface area contributed by atoms with Crippen molar-refractivity contribution in [1.82, 2.24) is 15.1 Å². The number of hydrogen-bond acceptors (Lipinski definition) is 4. The first-order valence-corrected chi connectivity index (χ1v) is 9.21. The van der Waals surface area contributed by atoms with E-state index < -0.39 is 0 Å². The molecule has 1 aromatic carbocycles. The maximum atomic E-state index is 12.5. The van der Waals surface area contributed by atoms with Crippen molar-refractivity contribution >= 4 is 24.2 Å². The monoisotopic (exact) mass is 381 g/mol. The van der Waals surface area contributed by atoms with Crippen LogP contribution >= 0.6 is 12.4 Å². The van der Waals surface area contributed by atoms with Gasteiger partial charge in [-0.15, -0.1) is 12.4 Å². The summed E-state index contributed by atoms with van der Waals surface area (Å²) in [6.45, 7) is 4.31. The zero-order chi connectivity index (χ0) is 17.6. The normalized spacial score (nSPS) is 18.3. The van der Waals surface area contributed by atoms with E-state index in [1.54, 1.807) is 23.1 Å².